The summed E-state index contributed by atoms with van der Waals surface area (Å²) in [5.74, 6) is 0.375. The third kappa shape index (κ3) is 3.87. The van der Waals surface area contributed by atoms with Crippen molar-refractivity contribution >= 4 is 31.8 Å². The van der Waals surface area contributed by atoms with Crippen molar-refractivity contribution in [1.82, 2.24) is 9.88 Å². The minimum atomic E-state index is -1.92. The van der Waals surface area contributed by atoms with E-state index < -0.39 is 13.1 Å². The van der Waals surface area contributed by atoms with Crippen LogP contribution in [0.4, 0.5) is 0 Å². The summed E-state index contributed by atoms with van der Waals surface area (Å²) in [7, 11) is -1.92. The lowest BCUT2D eigenvalue weighted by Crippen LogP contribution is -2.79. The Kier molecular flexibility index (Phi) is 5.58. The number of nitrogens with zero attached hydrogens (tertiary/aromatic N) is 1. The molecule has 1 aromatic rings. The van der Waals surface area contributed by atoms with E-state index in [1.54, 1.807) is 12.1 Å². The van der Waals surface area contributed by atoms with E-state index in [2.05, 4.69) is 39.2 Å². The Morgan fingerprint density at radius 2 is 1.92 bits per heavy atom. The van der Waals surface area contributed by atoms with Gasteiger partial charge in [-0.05, 0) is 23.4 Å². The number of hydrogen-bond donors (Lipinski definition) is 1. The van der Waals surface area contributed by atoms with Crippen molar-refractivity contribution in [3.8, 4) is 5.75 Å². The summed E-state index contributed by atoms with van der Waals surface area (Å²) in [5.41, 5.74) is 0. The van der Waals surface area contributed by atoms with E-state index in [9.17, 15) is 9.59 Å². The topological polar surface area (TPSA) is 58.6 Å². The monoisotopic (exact) mass is 380 g/mol. The number of para-hydroxylation sites is 1. The van der Waals surface area contributed by atoms with Gasteiger partial charge in [0, 0.05) is 0 Å². The maximum atomic E-state index is 12.9. The molecule has 1 saturated heterocycles. The van der Waals surface area contributed by atoms with Crippen LogP contribution in [0.3, 0.4) is 0 Å². The molecule has 2 amide bonds. The van der Waals surface area contributed by atoms with Gasteiger partial charge in [-0.15, -0.1) is 11.8 Å². The van der Waals surface area contributed by atoms with Crippen molar-refractivity contribution in [3.05, 3.63) is 30.3 Å². The highest BCUT2D eigenvalue weighted by Gasteiger charge is 2.59. The van der Waals surface area contributed by atoms with Crippen LogP contribution in [0.15, 0.2) is 30.3 Å². The summed E-state index contributed by atoms with van der Waals surface area (Å²) in [6.07, 6.45) is 1.86. The summed E-state index contributed by atoms with van der Waals surface area (Å²) in [6, 6.07) is 9.18. The Labute approximate surface area is 155 Å². The van der Waals surface area contributed by atoms with E-state index in [0.29, 0.717) is 12.3 Å². The van der Waals surface area contributed by atoms with Gasteiger partial charge in [-0.25, -0.2) is 0 Å². The minimum absolute atomic E-state index is 0.0136. The van der Waals surface area contributed by atoms with Crippen LogP contribution in [-0.4, -0.2) is 48.9 Å². The Morgan fingerprint density at radius 3 is 2.40 bits per heavy atom. The van der Waals surface area contributed by atoms with Crippen LogP contribution in [0.25, 0.3) is 0 Å². The number of β-lactam (4-membered cyclic amide) rings is 1. The van der Waals surface area contributed by atoms with Gasteiger partial charge in [0.05, 0.1) is 6.54 Å². The largest absolute Gasteiger partial charge is 0.484 e. The Hall–Kier alpha value is -1.47. The minimum Gasteiger partial charge on any atom is -0.484 e. The number of nitrogens with one attached hydrogen (secondary N) is 1. The number of amides is 2. The van der Waals surface area contributed by atoms with Gasteiger partial charge in [0.2, 0.25) is 0 Å². The molecule has 0 spiro atoms. The van der Waals surface area contributed by atoms with Gasteiger partial charge in [-0.3, -0.25) is 9.59 Å². The van der Waals surface area contributed by atoms with Crippen LogP contribution in [-0.2, 0) is 9.59 Å². The molecule has 1 aromatic carbocycles. The standard InChI is InChI=1S/C18H28N2O3SSi/c1-17(2,3)25(5,6)20-13-18(24-4,16(20)22)19-15(21)12-23-14-10-8-7-9-11-14/h7-11H,12-13H2,1-6H3,(H,19,21)/t18-/m0/s1. The van der Waals surface area contributed by atoms with Crippen LogP contribution in [0.1, 0.15) is 20.8 Å². The molecule has 138 valence electrons. The van der Waals surface area contributed by atoms with E-state index in [1.165, 1.54) is 11.8 Å². The maximum absolute atomic E-state index is 12.9. The number of carbonyl (C=O) groups is 2. The average molecular weight is 381 g/mol. The lowest BCUT2D eigenvalue weighted by molar-refractivity contribution is -0.144. The molecule has 1 atom stereocenters. The maximum Gasteiger partial charge on any atom is 0.259 e. The fraction of sp³-hybridized carbons (Fsp3) is 0.556. The third-order valence-electron chi connectivity index (χ3n) is 5.28. The summed E-state index contributed by atoms with van der Waals surface area (Å²) < 4.78 is 7.46. The van der Waals surface area contributed by atoms with E-state index in [1.807, 2.05) is 29.0 Å². The highest BCUT2D eigenvalue weighted by atomic mass is 32.2. The van der Waals surface area contributed by atoms with Gasteiger partial charge in [0.1, 0.15) is 5.75 Å². The highest BCUT2D eigenvalue weighted by molar-refractivity contribution is 8.00. The first-order valence-electron chi connectivity index (χ1n) is 8.39. The van der Waals surface area contributed by atoms with E-state index >= 15 is 0 Å². The SMILES string of the molecule is CS[C@@]1(NC(=O)COc2ccccc2)CN([Si](C)(C)C(C)(C)C)C1=O. The fourth-order valence-corrected chi connectivity index (χ4v) is 5.66. The second-order valence-electron chi connectivity index (χ2n) is 7.88. The van der Waals surface area contributed by atoms with Crippen molar-refractivity contribution in [2.45, 2.75) is 43.8 Å². The zero-order chi connectivity index (χ0) is 18.9. The second-order valence-corrected chi connectivity index (χ2v) is 14.1. The summed E-state index contributed by atoms with van der Waals surface area (Å²) in [6.45, 7) is 11.4. The predicted molar refractivity (Wildman–Crippen MR) is 105 cm³/mol. The Balaban J connectivity index is 1.98. The Morgan fingerprint density at radius 1 is 1.32 bits per heavy atom. The molecule has 1 heterocycles. The number of benzene rings is 1. The normalized spacial score (nSPS) is 20.9. The molecule has 0 aromatic heterocycles. The molecular formula is C18H28N2O3SSi. The van der Waals surface area contributed by atoms with Gasteiger partial charge in [-0.2, -0.15) is 0 Å². The number of carbonyl (C=O) groups excluding carboxylic acids is 2. The van der Waals surface area contributed by atoms with Gasteiger partial charge in [-0.1, -0.05) is 52.1 Å². The Bertz CT molecular complexity index is 645. The van der Waals surface area contributed by atoms with Gasteiger partial charge in [0.25, 0.3) is 11.8 Å². The lowest BCUT2D eigenvalue weighted by Gasteiger charge is -2.57. The van der Waals surface area contributed by atoms with Crippen LogP contribution < -0.4 is 10.1 Å². The fourth-order valence-electron chi connectivity index (χ4n) is 2.57. The number of ether oxygens (including phenoxy) is 1. The summed E-state index contributed by atoms with van der Waals surface area (Å²) >= 11 is 1.39. The number of thioether (sulfide) groups is 1. The first-order valence-corrected chi connectivity index (χ1v) is 12.6. The van der Waals surface area contributed by atoms with Crippen molar-refractivity contribution in [1.29, 1.82) is 0 Å². The second kappa shape index (κ2) is 7.03. The molecule has 0 saturated carbocycles. The van der Waals surface area contributed by atoms with Gasteiger partial charge < -0.3 is 14.6 Å². The van der Waals surface area contributed by atoms with Crippen molar-refractivity contribution in [2.75, 3.05) is 19.4 Å². The van der Waals surface area contributed by atoms with Gasteiger partial charge >= 0.3 is 0 Å². The van der Waals surface area contributed by atoms with E-state index in [-0.39, 0.29) is 23.5 Å². The quantitative estimate of drug-likeness (QED) is 0.468. The first-order chi connectivity index (χ1) is 11.5. The van der Waals surface area contributed by atoms with Crippen LogP contribution >= 0.6 is 11.8 Å². The van der Waals surface area contributed by atoms with E-state index in [4.69, 9.17) is 4.74 Å². The molecule has 5 nitrogen and oxygen atoms in total. The van der Waals surface area contributed by atoms with Crippen LogP contribution in [0.2, 0.25) is 18.1 Å². The molecule has 0 radical (unpaired) electrons. The molecule has 0 bridgehead atoms. The molecule has 0 unspecified atom stereocenters. The smallest absolute Gasteiger partial charge is 0.259 e. The van der Waals surface area contributed by atoms with Crippen molar-refractivity contribution in [2.24, 2.45) is 0 Å². The average Bonchev–Trinajstić information content (AvgIpc) is 2.55. The molecule has 1 aliphatic rings. The van der Waals surface area contributed by atoms with Crippen molar-refractivity contribution < 1.29 is 14.3 Å². The molecule has 1 fully saturated rings. The zero-order valence-corrected chi connectivity index (χ0v) is 17.7. The molecule has 0 aliphatic carbocycles. The molecule has 1 aliphatic heterocycles. The molecule has 2 rings (SSSR count). The summed E-state index contributed by atoms with van der Waals surface area (Å²) in [4.78, 5) is 24.3. The number of rotatable bonds is 6. The molecule has 25 heavy (non-hydrogen) atoms. The molecule has 1 N–H and O–H groups in total. The number of hydrogen-bond acceptors (Lipinski definition) is 4. The van der Waals surface area contributed by atoms with Gasteiger partial charge in [0.15, 0.2) is 19.7 Å². The van der Waals surface area contributed by atoms with E-state index in [0.717, 1.165) is 0 Å². The first kappa shape index (κ1) is 19.8. The zero-order valence-electron chi connectivity index (χ0n) is 15.9. The van der Waals surface area contributed by atoms with Crippen LogP contribution in [0, 0.1) is 0 Å². The lowest BCUT2D eigenvalue weighted by atomic mass is 10.1. The van der Waals surface area contributed by atoms with Crippen molar-refractivity contribution in [3.63, 3.8) is 0 Å². The molecular weight excluding hydrogens is 352 g/mol. The third-order valence-corrected chi connectivity index (χ3v) is 11.8. The predicted octanol–water partition coefficient (Wildman–Crippen LogP) is 3.09. The molecule has 7 heteroatoms. The summed E-state index contributed by atoms with van der Waals surface area (Å²) in [5, 5.41) is 2.96. The van der Waals surface area contributed by atoms with Crippen LogP contribution in [0.5, 0.6) is 5.75 Å². The highest BCUT2D eigenvalue weighted by Crippen LogP contribution is 2.45.